The monoisotopic (exact) mass is 424 g/mol. The molecule has 0 aliphatic heterocycles. The minimum atomic E-state index is -0.0495. The fraction of sp³-hybridized carbons (Fsp3) is 0.923. The Balaban J connectivity index is 3.39. The van der Waals surface area contributed by atoms with Crippen LogP contribution in [0.25, 0.3) is 0 Å². The fourth-order valence-corrected chi connectivity index (χ4v) is 3.90. The van der Waals surface area contributed by atoms with E-state index < -0.39 is 0 Å². The molecule has 2 N–H and O–H groups in total. The SMILES string of the molecule is CCCCCCCCCCCCCCCC(=O)NCCCC[C@H](NC(C)C)C(C)=O. The highest BCUT2D eigenvalue weighted by Gasteiger charge is 2.14. The maximum Gasteiger partial charge on any atom is 0.219 e. The molecule has 0 aromatic rings. The van der Waals surface area contributed by atoms with E-state index in [0.29, 0.717) is 12.5 Å². The van der Waals surface area contributed by atoms with E-state index in [1.54, 1.807) is 6.92 Å². The number of Topliss-reactive ketones (excluding diaryl/α,β-unsaturated/α-hetero) is 1. The van der Waals surface area contributed by atoms with Gasteiger partial charge in [0.15, 0.2) is 0 Å². The van der Waals surface area contributed by atoms with E-state index in [1.807, 2.05) is 0 Å². The number of rotatable bonds is 22. The molecule has 178 valence electrons. The molecule has 0 saturated carbocycles. The Morgan fingerprint density at radius 3 is 1.67 bits per heavy atom. The predicted molar refractivity (Wildman–Crippen MR) is 130 cm³/mol. The Bertz CT molecular complexity index is 410. The first-order valence-corrected chi connectivity index (χ1v) is 13.0. The molecule has 0 bridgehead atoms. The summed E-state index contributed by atoms with van der Waals surface area (Å²) in [6.07, 6.45) is 20.7. The van der Waals surface area contributed by atoms with E-state index in [1.165, 1.54) is 77.0 Å². The lowest BCUT2D eigenvalue weighted by Gasteiger charge is -2.18. The standard InChI is InChI=1S/C26H52N2O2/c1-5-6-7-8-9-10-11-12-13-14-15-16-17-21-26(30)27-22-19-18-20-25(24(4)29)28-23(2)3/h23,25,28H,5-22H2,1-4H3,(H,27,30)/t25-/m0/s1. The van der Waals surface area contributed by atoms with Crippen molar-refractivity contribution in [1.29, 1.82) is 0 Å². The minimum Gasteiger partial charge on any atom is -0.356 e. The smallest absolute Gasteiger partial charge is 0.219 e. The molecule has 0 fully saturated rings. The van der Waals surface area contributed by atoms with Crippen LogP contribution in [0, 0.1) is 0 Å². The molecule has 0 aromatic heterocycles. The van der Waals surface area contributed by atoms with Crippen molar-refractivity contribution in [2.75, 3.05) is 6.54 Å². The van der Waals surface area contributed by atoms with E-state index in [0.717, 1.165) is 32.2 Å². The van der Waals surface area contributed by atoms with Crippen molar-refractivity contribution < 1.29 is 9.59 Å². The summed E-state index contributed by atoms with van der Waals surface area (Å²) in [5.74, 6) is 0.386. The van der Waals surface area contributed by atoms with Gasteiger partial charge in [0.2, 0.25) is 5.91 Å². The Labute approximate surface area is 187 Å². The summed E-state index contributed by atoms with van der Waals surface area (Å²) in [5, 5.41) is 6.34. The summed E-state index contributed by atoms with van der Waals surface area (Å²) in [6, 6.07) is 0.269. The van der Waals surface area contributed by atoms with Crippen LogP contribution in [-0.4, -0.2) is 30.3 Å². The first kappa shape index (κ1) is 29.1. The number of carbonyl (C=O) groups is 2. The van der Waals surface area contributed by atoms with Gasteiger partial charge >= 0.3 is 0 Å². The van der Waals surface area contributed by atoms with E-state index >= 15 is 0 Å². The summed E-state index contributed by atoms with van der Waals surface area (Å²) in [4.78, 5) is 23.5. The Hall–Kier alpha value is -0.900. The molecule has 0 saturated heterocycles. The van der Waals surface area contributed by atoms with Gasteiger partial charge in [-0.15, -0.1) is 0 Å². The van der Waals surface area contributed by atoms with Gasteiger partial charge in [0.1, 0.15) is 5.78 Å². The Morgan fingerprint density at radius 1 is 0.700 bits per heavy atom. The lowest BCUT2D eigenvalue weighted by molar-refractivity contribution is -0.121. The summed E-state index contributed by atoms with van der Waals surface area (Å²) in [5.41, 5.74) is 0. The van der Waals surface area contributed by atoms with Gasteiger partial charge in [0, 0.05) is 19.0 Å². The summed E-state index contributed by atoms with van der Waals surface area (Å²) in [6.45, 7) is 8.77. The lowest BCUT2D eigenvalue weighted by atomic mass is 10.0. The summed E-state index contributed by atoms with van der Waals surface area (Å²) >= 11 is 0. The number of carbonyl (C=O) groups excluding carboxylic acids is 2. The van der Waals surface area contributed by atoms with Crippen LogP contribution in [0.15, 0.2) is 0 Å². The molecule has 4 heteroatoms. The second kappa shape index (κ2) is 21.3. The van der Waals surface area contributed by atoms with Crippen LogP contribution in [-0.2, 0) is 9.59 Å². The van der Waals surface area contributed by atoms with Crippen LogP contribution in [0.5, 0.6) is 0 Å². The molecule has 30 heavy (non-hydrogen) atoms. The molecule has 0 radical (unpaired) electrons. The molecule has 1 atom stereocenters. The first-order valence-electron chi connectivity index (χ1n) is 13.0. The number of hydrogen-bond donors (Lipinski definition) is 2. The molecule has 0 rings (SSSR count). The van der Waals surface area contributed by atoms with E-state index in [4.69, 9.17) is 0 Å². The van der Waals surface area contributed by atoms with E-state index in [-0.39, 0.29) is 17.7 Å². The maximum absolute atomic E-state index is 11.9. The highest BCUT2D eigenvalue weighted by molar-refractivity contribution is 5.81. The van der Waals surface area contributed by atoms with Crippen molar-refractivity contribution in [1.82, 2.24) is 10.6 Å². The molecule has 0 unspecified atom stereocenters. The predicted octanol–water partition coefficient (Wildman–Crippen LogP) is 6.71. The molecule has 0 heterocycles. The molecule has 4 nitrogen and oxygen atoms in total. The topological polar surface area (TPSA) is 58.2 Å². The summed E-state index contributed by atoms with van der Waals surface area (Å²) in [7, 11) is 0. The maximum atomic E-state index is 11.9. The second-order valence-electron chi connectivity index (χ2n) is 9.32. The number of unbranched alkanes of at least 4 members (excludes halogenated alkanes) is 13. The van der Waals surface area contributed by atoms with Crippen LogP contribution in [0.3, 0.4) is 0 Å². The van der Waals surface area contributed by atoms with Crippen molar-refractivity contribution in [2.45, 2.75) is 149 Å². The van der Waals surface area contributed by atoms with Gasteiger partial charge in [-0.25, -0.2) is 0 Å². The van der Waals surface area contributed by atoms with Crippen molar-refractivity contribution in [3.8, 4) is 0 Å². The van der Waals surface area contributed by atoms with Crippen LogP contribution >= 0.6 is 0 Å². The van der Waals surface area contributed by atoms with Crippen molar-refractivity contribution in [3.63, 3.8) is 0 Å². The number of hydrogen-bond acceptors (Lipinski definition) is 3. The van der Waals surface area contributed by atoms with Gasteiger partial charge in [-0.3, -0.25) is 9.59 Å². The van der Waals surface area contributed by atoms with Gasteiger partial charge in [0.05, 0.1) is 6.04 Å². The summed E-state index contributed by atoms with van der Waals surface area (Å²) < 4.78 is 0. The van der Waals surface area contributed by atoms with Gasteiger partial charge in [-0.2, -0.15) is 0 Å². The van der Waals surface area contributed by atoms with Crippen molar-refractivity contribution in [2.24, 2.45) is 0 Å². The van der Waals surface area contributed by atoms with Crippen LogP contribution in [0.2, 0.25) is 0 Å². The van der Waals surface area contributed by atoms with E-state index in [9.17, 15) is 9.59 Å². The largest absolute Gasteiger partial charge is 0.356 e. The highest BCUT2D eigenvalue weighted by Crippen LogP contribution is 2.13. The molecule has 0 aliphatic rings. The average molecular weight is 425 g/mol. The molecule has 0 aliphatic carbocycles. The van der Waals surface area contributed by atoms with Gasteiger partial charge in [0.25, 0.3) is 0 Å². The van der Waals surface area contributed by atoms with E-state index in [2.05, 4.69) is 31.4 Å². The third kappa shape index (κ3) is 20.4. The molecular formula is C26H52N2O2. The number of nitrogens with one attached hydrogen (secondary N) is 2. The fourth-order valence-electron chi connectivity index (χ4n) is 3.90. The average Bonchev–Trinajstić information content (AvgIpc) is 2.70. The second-order valence-corrected chi connectivity index (χ2v) is 9.32. The normalized spacial score (nSPS) is 12.3. The van der Waals surface area contributed by atoms with Gasteiger partial charge in [-0.1, -0.05) is 97.8 Å². The quantitative estimate of drug-likeness (QED) is 0.190. The minimum absolute atomic E-state index is 0.0495. The third-order valence-electron chi connectivity index (χ3n) is 5.77. The van der Waals surface area contributed by atoms with Crippen molar-refractivity contribution >= 4 is 11.7 Å². The van der Waals surface area contributed by atoms with Crippen molar-refractivity contribution in [3.05, 3.63) is 0 Å². The number of ketones is 1. The zero-order valence-electron chi connectivity index (χ0n) is 20.7. The zero-order chi connectivity index (χ0) is 22.5. The molecular weight excluding hydrogens is 372 g/mol. The van der Waals surface area contributed by atoms with Gasteiger partial charge in [-0.05, 0) is 32.6 Å². The zero-order valence-corrected chi connectivity index (χ0v) is 20.7. The highest BCUT2D eigenvalue weighted by atomic mass is 16.1. The van der Waals surface area contributed by atoms with Crippen LogP contribution in [0.1, 0.15) is 137 Å². The third-order valence-corrected chi connectivity index (χ3v) is 5.77. The number of amides is 1. The first-order chi connectivity index (χ1) is 14.5. The lowest BCUT2D eigenvalue weighted by Crippen LogP contribution is -2.39. The molecule has 0 spiro atoms. The van der Waals surface area contributed by atoms with Crippen LogP contribution < -0.4 is 10.6 Å². The Morgan fingerprint density at radius 2 is 1.20 bits per heavy atom. The van der Waals surface area contributed by atoms with Crippen LogP contribution in [0.4, 0.5) is 0 Å². The molecule has 0 aromatic carbocycles. The Kier molecular flexibility index (Phi) is 20.7. The molecule has 1 amide bonds. The van der Waals surface area contributed by atoms with Gasteiger partial charge < -0.3 is 10.6 Å².